The summed E-state index contributed by atoms with van der Waals surface area (Å²) >= 11 is 3.44. The quantitative estimate of drug-likeness (QED) is 0.642. The first kappa shape index (κ1) is 16.9. The molecule has 1 aliphatic rings. The molecule has 2 heterocycles. The van der Waals surface area contributed by atoms with Gasteiger partial charge in [-0.25, -0.2) is 4.98 Å². The Bertz CT molecular complexity index is 726. The van der Waals surface area contributed by atoms with Gasteiger partial charge in [-0.1, -0.05) is 28.1 Å². The number of benzene rings is 1. The zero-order valence-electron chi connectivity index (χ0n) is 13.8. The van der Waals surface area contributed by atoms with E-state index in [1.54, 1.807) is 0 Å². The highest BCUT2D eigenvalue weighted by molar-refractivity contribution is 9.10. The number of nitrogens with one attached hydrogen (secondary N) is 1. The Morgan fingerprint density at radius 1 is 1.21 bits per heavy atom. The number of anilines is 2. The lowest BCUT2D eigenvalue weighted by Crippen LogP contribution is -2.37. The van der Waals surface area contributed by atoms with Gasteiger partial charge in [-0.2, -0.15) is 10.1 Å². The van der Waals surface area contributed by atoms with Crippen molar-refractivity contribution < 1.29 is 4.74 Å². The van der Waals surface area contributed by atoms with Crippen LogP contribution in [0.4, 0.5) is 11.8 Å². The molecule has 0 saturated carbocycles. The van der Waals surface area contributed by atoms with Crippen molar-refractivity contribution in [3.05, 3.63) is 46.1 Å². The number of aryl methyl sites for hydroxylation is 1. The van der Waals surface area contributed by atoms with Gasteiger partial charge in [0.15, 0.2) is 5.82 Å². The zero-order chi connectivity index (χ0) is 16.9. The molecule has 0 spiro atoms. The average Bonchev–Trinajstić information content (AvgIpc) is 2.60. The zero-order valence-corrected chi connectivity index (χ0v) is 15.4. The summed E-state index contributed by atoms with van der Waals surface area (Å²) in [6.45, 7) is 6.96. The van der Waals surface area contributed by atoms with Crippen LogP contribution < -0.4 is 10.3 Å². The molecule has 1 N–H and O–H groups in total. The Balaban J connectivity index is 1.75. The van der Waals surface area contributed by atoms with Crippen molar-refractivity contribution in [1.29, 1.82) is 0 Å². The summed E-state index contributed by atoms with van der Waals surface area (Å²) in [4.78, 5) is 11.2. The molecule has 1 saturated heterocycles. The van der Waals surface area contributed by atoms with Crippen molar-refractivity contribution in [3.63, 3.8) is 0 Å². The number of ether oxygens (including phenoxy) is 1. The van der Waals surface area contributed by atoms with Crippen molar-refractivity contribution >= 4 is 33.4 Å². The monoisotopic (exact) mass is 389 g/mol. The molecule has 3 rings (SSSR count). The van der Waals surface area contributed by atoms with E-state index in [0.717, 1.165) is 40.5 Å². The SMILES string of the molecule is C/C(=N/Nc1cc(C)nc(N2CCOCC2)n1)c1ccc(Br)cc1. The molecule has 0 unspecified atom stereocenters. The fourth-order valence-electron chi connectivity index (χ4n) is 2.41. The topological polar surface area (TPSA) is 62.6 Å². The van der Waals surface area contributed by atoms with Crippen LogP contribution in [0.5, 0.6) is 0 Å². The lowest BCUT2D eigenvalue weighted by Gasteiger charge is -2.27. The summed E-state index contributed by atoms with van der Waals surface area (Å²) in [5.41, 5.74) is 5.91. The number of rotatable bonds is 4. The maximum Gasteiger partial charge on any atom is 0.227 e. The minimum absolute atomic E-state index is 0.695. The molecule has 7 heteroatoms. The summed E-state index contributed by atoms with van der Waals surface area (Å²) in [6.07, 6.45) is 0. The van der Waals surface area contributed by atoms with Crippen LogP contribution >= 0.6 is 15.9 Å². The number of nitrogens with zero attached hydrogens (tertiary/aromatic N) is 4. The molecule has 6 nitrogen and oxygen atoms in total. The largest absolute Gasteiger partial charge is 0.378 e. The Morgan fingerprint density at radius 3 is 2.62 bits per heavy atom. The lowest BCUT2D eigenvalue weighted by atomic mass is 10.1. The Hall–Kier alpha value is -1.99. The Kier molecular flexibility index (Phi) is 5.42. The molecule has 1 fully saturated rings. The van der Waals surface area contributed by atoms with Gasteiger partial charge in [-0.05, 0) is 31.5 Å². The highest BCUT2D eigenvalue weighted by atomic mass is 79.9. The number of hydrazone groups is 1. The second kappa shape index (κ2) is 7.72. The van der Waals surface area contributed by atoms with Crippen LogP contribution in [-0.4, -0.2) is 42.0 Å². The van der Waals surface area contributed by atoms with E-state index in [9.17, 15) is 0 Å². The summed E-state index contributed by atoms with van der Waals surface area (Å²) in [7, 11) is 0. The Labute approximate surface area is 150 Å². The van der Waals surface area contributed by atoms with Crippen molar-refractivity contribution in [3.8, 4) is 0 Å². The van der Waals surface area contributed by atoms with E-state index in [1.807, 2.05) is 44.2 Å². The second-order valence-corrected chi connectivity index (χ2v) is 6.53. The number of hydrogen-bond donors (Lipinski definition) is 1. The van der Waals surface area contributed by atoms with Gasteiger partial charge in [0.2, 0.25) is 5.95 Å². The number of morpholine rings is 1. The third-order valence-electron chi connectivity index (χ3n) is 3.74. The smallest absolute Gasteiger partial charge is 0.227 e. The molecule has 1 aromatic carbocycles. The summed E-state index contributed by atoms with van der Waals surface area (Å²) in [5.74, 6) is 1.41. The van der Waals surface area contributed by atoms with Crippen molar-refractivity contribution in [2.75, 3.05) is 36.6 Å². The predicted octanol–water partition coefficient (Wildman–Crippen LogP) is 3.22. The molecule has 0 amide bonds. The van der Waals surface area contributed by atoms with E-state index in [0.29, 0.717) is 19.0 Å². The lowest BCUT2D eigenvalue weighted by molar-refractivity contribution is 0.122. The van der Waals surface area contributed by atoms with Crippen LogP contribution in [0.15, 0.2) is 39.9 Å². The molecule has 1 aliphatic heterocycles. The van der Waals surface area contributed by atoms with Crippen LogP contribution in [0.1, 0.15) is 18.2 Å². The fraction of sp³-hybridized carbons (Fsp3) is 0.353. The van der Waals surface area contributed by atoms with E-state index in [1.165, 1.54) is 0 Å². The van der Waals surface area contributed by atoms with E-state index in [2.05, 4.69) is 41.3 Å². The molecule has 126 valence electrons. The highest BCUT2D eigenvalue weighted by Crippen LogP contribution is 2.16. The van der Waals surface area contributed by atoms with Gasteiger partial charge in [-0.3, -0.25) is 5.43 Å². The number of aromatic nitrogens is 2. The highest BCUT2D eigenvalue weighted by Gasteiger charge is 2.14. The third kappa shape index (κ3) is 4.30. The third-order valence-corrected chi connectivity index (χ3v) is 4.27. The minimum atomic E-state index is 0.695. The number of halogens is 1. The summed E-state index contributed by atoms with van der Waals surface area (Å²) in [5, 5.41) is 4.44. The van der Waals surface area contributed by atoms with Gasteiger partial charge in [0, 0.05) is 29.3 Å². The van der Waals surface area contributed by atoms with E-state index < -0.39 is 0 Å². The first-order valence-corrected chi connectivity index (χ1v) is 8.66. The molecule has 0 aliphatic carbocycles. The van der Waals surface area contributed by atoms with Crippen LogP contribution in [0.2, 0.25) is 0 Å². The molecule has 0 bridgehead atoms. The van der Waals surface area contributed by atoms with Crippen LogP contribution in [0, 0.1) is 6.92 Å². The van der Waals surface area contributed by atoms with E-state index >= 15 is 0 Å². The van der Waals surface area contributed by atoms with Gasteiger partial charge in [0.25, 0.3) is 0 Å². The summed E-state index contributed by atoms with van der Waals surface area (Å²) in [6, 6.07) is 9.94. The van der Waals surface area contributed by atoms with E-state index in [4.69, 9.17) is 4.74 Å². The molecule has 0 atom stereocenters. The van der Waals surface area contributed by atoms with Crippen LogP contribution in [0.3, 0.4) is 0 Å². The van der Waals surface area contributed by atoms with Gasteiger partial charge in [-0.15, -0.1) is 0 Å². The maximum atomic E-state index is 5.38. The minimum Gasteiger partial charge on any atom is -0.378 e. The normalized spacial score (nSPS) is 15.5. The molecular formula is C17H20BrN5O. The van der Waals surface area contributed by atoms with Gasteiger partial charge in [0.05, 0.1) is 18.9 Å². The first-order valence-electron chi connectivity index (χ1n) is 7.86. The molecule has 1 aromatic heterocycles. The molecular weight excluding hydrogens is 370 g/mol. The van der Waals surface area contributed by atoms with Crippen molar-refractivity contribution in [2.24, 2.45) is 5.10 Å². The first-order chi connectivity index (χ1) is 11.6. The van der Waals surface area contributed by atoms with E-state index in [-0.39, 0.29) is 0 Å². The van der Waals surface area contributed by atoms with Gasteiger partial charge < -0.3 is 9.64 Å². The van der Waals surface area contributed by atoms with Crippen molar-refractivity contribution in [1.82, 2.24) is 9.97 Å². The number of hydrogen-bond acceptors (Lipinski definition) is 6. The molecule has 2 aromatic rings. The van der Waals surface area contributed by atoms with Gasteiger partial charge in [0.1, 0.15) is 0 Å². The molecule has 24 heavy (non-hydrogen) atoms. The van der Waals surface area contributed by atoms with Crippen LogP contribution in [-0.2, 0) is 4.74 Å². The average molecular weight is 390 g/mol. The predicted molar refractivity (Wildman–Crippen MR) is 99.8 cm³/mol. The second-order valence-electron chi connectivity index (χ2n) is 5.61. The summed E-state index contributed by atoms with van der Waals surface area (Å²) < 4.78 is 6.43. The fourth-order valence-corrected chi connectivity index (χ4v) is 2.68. The Morgan fingerprint density at radius 2 is 1.92 bits per heavy atom. The van der Waals surface area contributed by atoms with Gasteiger partial charge >= 0.3 is 0 Å². The van der Waals surface area contributed by atoms with Crippen molar-refractivity contribution in [2.45, 2.75) is 13.8 Å². The standard InChI is InChI=1S/C17H20BrN5O/c1-12-11-16(20-17(19-12)23-7-9-24-10-8-23)22-21-13(2)14-3-5-15(18)6-4-14/h3-6,11H,7-10H2,1-2H3,(H,19,20,22)/b21-13-. The van der Waals surface area contributed by atoms with Crippen LogP contribution in [0.25, 0.3) is 0 Å². The molecule has 0 radical (unpaired) electrons. The maximum absolute atomic E-state index is 5.38.